The zero-order valence-electron chi connectivity index (χ0n) is 12.2. The summed E-state index contributed by atoms with van der Waals surface area (Å²) in [6, 6.07) is 1.39. The van der Waals surface area contributed by atoms with Crippen LogP contribution in [0.2, 0.25) is 0 Å². The number of likely N-dealkylation sites (tertiary alicyclic amines) is 1. The molecule has 5 nitrogen and oxygen atoms in total. The van der Waals surface area contributed by atoms with E-state index in [-0.39, 0.29) is 6.10 Å². The first kappa shape index (κ1) is 15.2. The molecule has 3 atom stereocenters. The Morgan fingerprint density at radius 1 is 1.32 bits per heavy atom. The van der Waals surface area contributed by atoms with E-state index in [1.54, 1.807) is 7.11 Å². The van der Waals surface area contributed by atoms with Crippen molar-refractivity contribution >= 4 is 0 Å². The highest BCUT2D eigenvalue weighted by atomic mass is 16.5. The van der Waals surface area contributed by atoms with Gasteiger partial charge >= 0.3 is 0 Å². The lowest BCUT2D eigenvalue weighted by molar-refractivity contribution is -0.0315. The van der Waals surface area contributed by atoms with E-state index in [1.165, 1.54) is 25.8 Å². The van der Waals surface area contributed by atoms with Gasteiger partial charge in [-0.3, -0.25) is 4.90 Å². The van der Waals surface area contributed by atoms with E-state index in [2.05, 4.69) is 10.2 Å². The third kappa shape index (κ3) is 5.36. The molecule has 112 valence electrons. The predicted octanol–water partition coefficient (Wildman–Crippen LogP) is 0.225. The van der Waals surface area contributed by atoms with E-state index in [0.717, 1.165) is 12.6 Å². The van der Waals surface area contributed by atoms with Crippen LogP contribution in [0.15, 0.2) is 0 Å². The maximum Gasteiger partial charge on any atom is 0.0897 e. The van der Waals surface area contributed by atoms with Gasteiger partial charge in [0.25, 0.3) is 0 Å². The largest absolute Gasteiger partial charge is 0.389 e. The van der Waals surface area contributed by atoms with Crippen molar-refractivity contribution in [2.45, 2.75) is 50.5 Å². The Labute approximate surface area is 116 Å². The summed E-state index contributed by atoms with van der Waals surface area (Å²) >= 11 is 0. The van der Waals surface area contributed by atoms with Gasteiger partial charge in [0.15, 0.2) is 0 Å². The number of methoxy groups -OCH3 is 1. The van der Waals surface area contributed by atoms with Gasteiger partial charge in [0.05, 0.1) is 25.4 Å². The maximum absolute atomic E-state index is 9.87. The van der Waals surface area contributed by atoms with E-state index in [1.807, 2.05) is 6.92 Å². The highest BCUT2D eigenvalue weighted by Gasteiger charge is 2.34. The van der Waals surface area contributed by atoms with Gasteiger partial charge in [-0.1, -0.05) is 0 Å². The van der Waals surface area contributed by atoms with Crippen molar-refractivity contribution in [3.05, 3.63) is 0 Å². The fourth-order valence-corrected chi connectivity index (χ4v) is 2.65. The van der Waals surface area contributed by atoms with Crippen molar-refractivity contribution in [2.75, 3.05) is 40.0 Å². The van der Waals surface area contributed by atoms with Gasteiger partial charge in [0.2, 0.25) is 0 Å². The minimum absolute atomic E-state index is 0.0384. The molecule has 1 saturated carbocycles. The summed E-state index contributed by atoms with van der Waals surface area (Å²) in [7, 11) is 1.66. The standard InChI is InChI=1S/C14H28N2O3/c1-11(9-18-2)19-10-14(17)7-15-12-5-6-16(8-12)13-3-4-13/h11-15,17H,3-10H2,1-2H3. The first-order chi connectivity index (χ1) is 9.19. The van der Waals surface area contributed by atoms with Crippen molar-refractivity contribution in [2.24, 2.45) is 0 Å². The molecule has 1 aliphatic heterocycles. The second-order valence-corrected chi connectivity index (χ2v) is 5.87. The fourth-order valence-electron chi connectivity index (χ4n) is 2.65. The summed E-state index contributed by atoms with van der Waals surface area (Å²) in [6.07, 6.45) is 3.55. The Balaban J connectivity index is 1.52. The summed E-state index contributed by atoms with van der Waals surface area (Å²) in [6.45, 7) is 5.85. The predicted molar refractivity (Wildman–Crippen MR) is 74.3 cm³/mol. The van der Waals surface area contributed by atoms with Crippen LogP contribution in [0.3, 0.4) is 0 Å². The highest BCUT2D eigenvalue weighted by Crippen LogP contribution is 2.29. The highest BCUT2D eigenvalue weighted by molar-refractivity contribution is 4.91. The molecule has 19 heavy (non-hydrogen) atoms. The molecule has 2 aliphatic rings. The first-order valence-corrected chi connectivity index (χ1v) is 7.45. The molecule has 0 amide bonds. The van der Waals surface area contributed by atoms with Crippen LogP contribution in [0, 0.1) is 0 Å². The summed E-state index contributed by atoms with van der Waals surface area (Å²) in [4.78, 5) is 2.57. The van der Waals surface area contributed by atoms with Crippen LogP contribution in [-0.4, -0.2) is 74.3 Å². The number of hydrogen-bond donors (Lipinski definition) is 2. The van der Waals surface area contributed by atoms with Crippen LogP contribution in [0.4, 0.5) is 0 Å². The number of rotatable bonds is 9. The van der Waals surface area contributed by atoms with E-state index < -0.39 is 6.10 Å². The van der Waals surface area contributed by atoms with Crippen molar-refractivity contribution in [1.29, 1.82) is 0 Å². The molecule has 5 heteroatoms. The van der Waals surface area contributed by atoms with E-state index in [9.17, 15) is 5.11 Å². The van der Waals surface area contributed by atoms with Crippen LogP contribution in [0.5, 0.6) is 0 Å². The monoisotopic (exact) mass is 272 g/mol. The van der Waals surface area contributed by atoms with Crippen LogP contribution in [0.25, 0.3) is 0 Å². The second-order valence-electron chi connectivity index (χ2n) is 5.87. The topological polar surface area (TPSA) is 54.0 Å². The minimum Gasteiger partial charge on any atom is -0.389 e. The third-order valence-corrected chi connectivity index (χ3v) is 3.90. The number of ether oxygens (including phenoxy) is 2. The molecule has 1 saturated heterocycles. The molecule has 0 radical (unpaired) electrons. The summed E-state index contributed by atoms with van der Waals surface area (Å²) < 4.78 is 10.5. The molecule has 2 fully saturated rings. The lowest BCUT2D eigenvalue weighted by Gasteiger charge is -2.19. The van der Waals surface area contributed by atoms with E-state index >= 15 is 0 Å². The van der Waals surface area contributed by atoms with E-state index in [4.69, 9.17) is 9.47 Å². The molecular weight excluding hydrogens is 244 g/mol. The molecule has 0 aromatic carbocycles. The van der Waals surface area contributed by atoms with E-state index in [0.29, 0.717) is 25.8 Å². The third-order valence-electron chi connectivity index (χ3n) is 3.90. The molecule has 0 aromatic rings. The van der Waals surface area contributed by atoms with Gasteiger partial charge in [-0.25, -0.2) is 0 Å². The maximum atomic E-state index is 9.87. The van der Waals surface area contributed by atoms with Crippen molar-refractivity contribution in [3.63, 3.8) is 0 Å². The summed E-state index contributed by atoms with van der Waals surface area (Å²) in [5, 5.41) is 13.3. The molecular formula is C14H28N2O3. The Morgan fingerprint density at radius 2 is 2.11 bits per heavy atom. The Kier molecular flexibility index (Phi) is 6.04. The molecule has 0 aromatic heterocycles. The van der Waals surface area contributed by atoms with Gasteiger partial charge < -0.3 is 19.9 Å². The quantitative estimate of drug-likeness (QED) is 0.629. The SMILES string of the molecule is COCC(C)OCC(O)CNC1CCN(C2CC2)C1. The van der Waals surface area contributed by atoms with Crippen LogP contribution in [0.1, 0.15) is 26.2 Å². The van der Waals surface area contributed by atoms with Crippen molar-refractivity contribution in [3.8, 4) is 0 Å². The smallest absolute Gasteiger partial charge is 0.0897 e. The van der Waals surface area contributed by atoms with Gasteiger partial charge in [-0.05, 0) is 26.2 Å². The van der Waals surface area contributed by atoms with Gasteiger partial charge in [-0.2, -0.15) is 0 Å². The number of nitrogens with one attached hydrogen (secondary N) is 1. The van der Waals surface area contributed by atoms with Gasteiger partial charge in [-0.15, -0.1) is 0 Å². The molecule has 1 heterocycles. The molecule has 2 rings (SSSR count). The lowest BCUT2D eigenvalue weighted by Crippen LogP contribution is -2.39. The summed E-state index contributed by atoms with van der Waals surface area (Å²) in [5.41, 5.74) is 0. The zero-order chi connectivity index (χ0) is 13.7. The molecule has 0 bridgehead atoms. The Bertz CT molecular complexity index is 261. The van der Waals surface area contributed by atoms with Gasteiger partial charge in [0.1, 0.15) is 0 Å². The molecule has 1 aliphatic carbocycles. The van der Waals surface area contributed by atoms with Gasteiger partial charge in [0, 0.05) is 38.8 Å². The second kappa shape index (κ2) is 7.55. The average Bonchev–Trinajstić information content (AvgIpc) is 3.14. The molecule has 2 N–H and O–H groups in total. The first-order valence-electron chi connectivity index (χ1n) is 7.45. The van der Waals surface area contributed by atoms with Crippen LogP contribution < -0.4 is 5.32 Å². The molecule has 0 spiro atoms. The fraction of sp³-hybridized carbons (Fsp3) is 1.00. The van der Waals surface area contributed by atoms with Crippen molar-refractivity contribution in [1.82, 2.24) is 10.2 Å². The number of aliphatic hydroxyl groups excluding tert-OH is 1. The molecule has 3 unspecified atom stereocenters. The average molecular weight is 272 g/mol. The lowest BCUT2D eigenvalue weighted by atomic mass is 10.2. The Morgan fingerprint density at radius 3 is 2.79 bits per heavy atom. The normalized spacial score (nSPS) is 27.6. The number of nitrogens with zero attached hydrogens (tertiary/aromatic N) is 1. The minimum atomic E-state index is -0.436. The number of aliphatic hydroxyl groups is 1. The van der Waals surface area contributed by atoms with Crippen molar-refractivity contribution < 1.29 is 14.6 Å². The number of hydrogen-bond acceptors (Lipinski definition) is 5. The van der Waals surface area contributed by atoms with Crippen LogP contribution >= 0.6 is 0 Å². The summed E-state index contributed by atoms with van der Waals surface area (Å²) in [5.74, 6) is 0. The zero-order valence-corrected chi connectivity index (χ0v) is 12.2. The van der Waals surface area contributed by atoms with Crippen LogP contribution in [-0.2, 0) is 9.47 Å². The Hall–Kier alpha value is -0.200.